The van der Waals surface area contributed by atoms with E-state index >= 15 is 0 Å². The number of phosphoric acid groups is 2. The molecule has 5 atom stereocenters. The lowest BCUT2D eigenvalue weighted by Gasteiger charge is -2.21. The molecule has 0 aliphatic rings. The van der Waals surface area contributed by atoms with Crippen molar-refractivity contribution in [2.45, 2.75) is 290 Å². The van der Waals surface area contributed by atoms with Crippen LogP contribution < -0.4 is 0 Å². The average Bonchev–Trinajstić information content (AvgIpc) is 3.37. The van der Waals surface area contributed by atoms with Crippen LogP contribution in [0, 0.1) is 0 Å². The van der Waals surface area contributed by atoms with Gasteiger partial charge in [-0.1, -0.05) is 220 Å². The molecule has 0 aliphatic heterocycles. The summed E-state index contributed by atoms with van der Waals surface area (Å²) in [6.45, 7) is 4.73. The van der Waals surface area contributed by atoms with Crippen LogP contribution in [0.25, 0.3) is 0 Å². The molecule has 2 unspecified atom stereocenters. The van der Waals surface area contributed by atoms with E-state index in [0.717, 1.165) is 109 Å². The van der Waals surface area contributed by atoms with Gasteiger partial charge < -0.3 is 33.8 Å². The van der Waals surface area contributed by atoms with Crippen molar-refractivity contribution in [2.24, 2.45) is 0 Å². The predicted octanol–water partition coefficient (Wildman–Crippen LogP) is 14.4. The largest absolute Gasteiger partial charge is 0.472 e. The zero-order valence-corrected chi connectivity index (χ0v) is 48.6. The zero-order valence-electron chi connectivity index (χ0n) is 46.8. The van der Waals surface area contributed by atoms with Gasteiger partial charge in [0, 0.05) is 25.7 Å². The van der Waals surface area contributed by atoms with E-state index in [9.17, 15) is 43.2 Å². The molecule has 0 heterocycles. The summed E-state index contributed by atoms with van der Waals surface area (Å²) in [5.41, 5.74) is 0. The highest BCUT2D eigenvalue weighted by atomic mass is 31.2. The van der Waals surface area contributed by atoms with Crippen LogP contribution in [0.3, 0.4) is 0 Å². The molecular formula is C55H106O17P2. The van der Waals surface area contributed by atoms with Gasteiger partial charge in [-0.15, -0.1) is 0 Å². The summed E-state index contributed by atoms with van der Waals surface area (Å²) in [6, 6.07) is 0. The second-order valence-corrected chi connectivity index (χ2v) is 22.9. The van der Waals surface area contributed by atoms with E-state index in [2.05, 4.69) is 27.7 Å². The van der Waals surface area contributed by atoms with E-state index in [0.29, 0.717) is 25.7 Å². The van der Waals surface area contributed by atoms with Gasteiger partial charge in [-0.25, -0.2) is 9.13 Å². The third-order valence-electron chi connectivity index (χ3n) is 12.6. The van der Waals surface area contributed by atoms with Gasteiger partial charge in [-0.3, -0.25) is 37.3 Å². The Morgan fingerprint density at radius 2 is 0.541 bits per heavy atom. The van der Waals surface area contributed by atoms with Gasteiger partial charge in [-0.05, 0) is 25.7 Å². The number of hydrogen-bond donors (Lipinski definition) is 3. The maximum absolute atomic E-state index is 12.9. The highest BCUT2D eigenvalue weighted by Crippen LogP contribution is 2.45. The zero-order chi connectivity index (χ0) is 54.8. The van der Waals surface area contributed by atoms with E-state index in [1.54, 1.807) is 0 Å². The monoisotopic (exact) mass is 1100 g/mol. The van der Waals surface area contributed by atoms with Gasteiger partial charge in [-0.2, -0.15) is 0 Å². The third-order valence-corrected chi connectivity index (χ3v) is 14.5. The molecule has 0 spiro atoms. The smallest absolute Gasteiger partial charge is 0.462 e. The molecule has 19 heteroatoms. The second-order valence-electron chi connectivity index (χ2n) is 20.0. The molecule has 0 aromatic rings. The Morgan fingerprint density at radius 1 is 0.324 bits per heavy atom. The normalized spacial score (nSPS) is 14.4. The first kappa shape index (κ1) is 72.1. The molecule has 0 saturated carbocycles. The van der Waals surface area contributed by atoms with Crippen LogP contribution in [0.1, 0.15) is 272 Å². The van der Waals surface area contributed by atoms with Crippen molar-refractivity contribution in [3.63, 3.8) is 0 Å². The Kier molecular flexibility index (Phi) is 49.2. The highest BCUT2D eigenvalue weighted by molar-refractivity contribution is 7.47. The summed E-state index contributed by atoms with van der Waals surface area (Å²) in [7, 11) is -9.85. The Bertz CT molecular complexity index is 1450. The minimum Gasteiger partial charge on any atom is -0.462 e. The number of aliphatic hydroxyl groups excluding tert-OH is 1. The standard InChI is InChI=1S/C55H106O17P2/c1-5-9-13-17-21-25-26-30-32-36-40-53(58)66-46-51(72-55(60)42-38-34-29-24-20-16-12-8-4)48-70-74(63,64)68-44-49(56)43-67-73(61,62)69-47-50(71-54(59)41-37-33-28-23-19-15-11-7-3)45-65-52(57)39-35-31-27-22-18-14-10-6-2/h49-51,56H,5-48H2,1-4H3,(H,61,62)(H,63,64)/t49-,50-,51-/m1/s1. The van der Waals surface area contributed by atoms with Crippen molar-refractivity contribution in [3.8, 4) is 0 Å². The fourth-order valence-electron chi connectivity index (χ4n) is 8.04. The summed E-state index contributed by atoms with van der Waals surface area (Å²) >= 11 is 0. The fraction of sp³-hybridized carbons (Fsp3) is 0.927. The number of carbonyl (C=O) groups excluding carboxylic acids is 4. The number of phosphoric ester groups is 2. The number of ether oxygens (including phenoxy) is 4. The van der Waals surface area contributed by atoms with Crippen LogP contribution in [-0.2, 0) is 65.4 Å². The van der Waals surface area contributed by atoms with Crippen molar-refractivity contribution in [3.05, 3.63) is 0 Å². The van der Waals surface area contributed by atoms with Crippen molar-refractivity contribution in [2.75, 3.05) is 39.6 Å². The van der Waals surface area contributed by atoms with Crippen molar-refractivity contribution < 1.29 is 80.2 Å². The van der Waals surface area contributed by atoms with Gasteiger partial charge in [0.25, 0.3) is 0 Å². The van der Waals surface area contributed by atoms with Crippen molar-refractivity contribution in [1.82, 2.24) is 0 Å². The van der Waals surface area contributed by atoms with Crippen LogP contribution >= 0.6 is 15.6 Å². The van der Waals surface area contributed by atoms with E-state index in [1.807, 2.05) is 0 Å². The summed E-state index contributed by atoms with van der Waals surface area (Å²) < 4.78 is 67.4. The predicted molar refractivity (Wildman–Crippen MR) is 289 cm³/mol. The Labute approximate surface area is 447 Å². The molecule has 17 nitrogen and oxygen atoms in total. The highest BCUT2D eigenvalue weighted by Gasteiger charge is 2.30. The Balaban J connectivity index is 5.19. The minimum atomic E-state index is -4.93. The molecule has 0 saturated heterocycles. The summed E-state index contributed by atoms with van der Waals surface area (Å²) in [6.07, 6.45) is 32.2. The molecule has 438 valence electrons. The van der Waals surface area contributed by atoms with Gasteiger partial charge in [0.2, 0.25) is 0 Å². The fourth-order valence-corrected chi connectivity index (χ4v) is 9.62. The van der Waals surface area contributed by atoms with Crippen molar-refractivity contribution >= 4 is 39.5 Å². The van der Waals surface area contributed by atoms with Crippen LogP contribution in [0.15, 0.2) is 0 Å². The molecule has 0 aromatic carbocycles. The molecule has 3 N–H and O–H groups in total. The van der Waals surface area contributed by atoms with E-state index < -0.39 is 97.5 Å². The molecule has 74 heavy (non-hydrogen) atoms. The number of unbranched alkanes of at least 4 members (excludes halogenated alkanes) is 30. The third kappa shape index (κ3) is 49.6. The number of carbonyl (C=O) groups is 4. The van der Waals surface area contributed by atoms with Crippen LogP contribution in [0.5, 0.6) is 0 Å². The number of rotatable bonds is 56. The molecule has 0 amide bonds. The first-order chi connectivity index (χ1) is 35.7. The van der Waals surface area contributed by atoms with Gasteiger partial charge in [0.05, 0.1) is 26.4 Å². The average molecular weight is 1100 g/mol. The summed E-state index contributed by atoms with van der Waals surface area (Å²) in [5, 5.41) is 10.5. The maximum Gasteiger partial charge on any atom is 0.472 e. The molecule has 0 radical (unpaired) electrons. The lowest BCUT2D eigenvalue weighted by molar-refractivity contribution is -0.161. The van der Waals surface area contributed by atoms with Gasteiger partial charge in [0.15, 0.2) is 12.2 Å². The summed E-state index contributed by atoms with van der Waals surface area (Å²) in [4.78, 5) is 71.5. The van der Waals surface area contributed by atoms with Crippen molar-refractivity contribution in [1.29, 1.82) is 0 Å². The molecule has 0 rings (SSSR count). The first-order valence-corrected chi connectivity index (χ1v) is 32.3. The molecular weight excluding hydrogens is 995 g/mol. The van der Waals surface area contributed by atoms with E-state index in [1.165, 1.54) is 83.5 Å². The van der Waals surface area contributed by atoms with Crippen LogP contribution in [-0.4, -0.2) is 96.7 Å². The molecule has 0 aromatic heterocycles. The number of hydrogen-bond acceptors (Lipinski definition) is 15. The minimum absolute atomic E-state index is 0.105. The number of aliphatic hydroxyl groups is 1. The van der Waals surface area contributed by atoms with Crippen LogP contribution in [0.4, 0.5) is 0 Å². The Hall–Kier alpha value is -1.94. The SMILES string of the molecule is CCCCCCCCCCCCC(=O)OC[C@H](COP(=O)(O)OC[C@H](O)COP(=O)(O)OC[C@@H](COC(=O)CCCCCCCCCC)OC(=O)CCCCCCCCCC)OC(=O)CCCCCCCCCC. The first-order valence-electron chi connectivity index (χ1n) is 29.3. The van der Waals surface area contributed by atoms with Gasteiger partial charge >= 0.3 is 39.5 Å². The van der Waals surface area contributed by atoms with Crippen LogP contribution in [0.2, 0.25) is 0 Å². The van der Waals surface area contributed by atoms with Gasteiger partial charge in [0.1, 0.15) is 19.3 Å². The molecule has 0 fully saturated rings. The lowest BCUT2D eigenvalue weighted by atomic mass is 10.1. The number of esters is 4. The quantitative estimate of drug-likeness (QED) is 0.0222. The second kappa shape index (κ2) is 50.6. The van der Waals surface area contributed by atoms with E-state index in [-0.39, 0.29) is 25.7 Å². The lowest BCUT2D eigenvalue weighted by Crippen LogP contribution is -2.30. The van der Waals surface area contributed by atoms with E-state index in [4.69, 9.17) is 37.0 Å². The maximum atomic E-state index is 12.9. The topological polar surface area (TPSA) is 237 Å². The molecule has 0 aliphatic carbocycles. The molecule has 0 bridgehead atoms. The summed E-state index contributed by atoms with van der Waals surface area (Å²) in [5.74, 6) is -2.15. The Morgan fingerprint density at radius 3 is 0.797 bits per heavy atom.